The second kappa shape index (κ2) is 11.5. The van der Waals surface area contributed by atoms with Crippen molar-refractivity contribution in [2.75, 3.05) is 0 Å². The molecule has 0 saturated heterocycles. The molecule has 1 aromatic carbocycles. The second-order valence-electron chi connectivity index (χ2n) is 4.97. The maximum absolute atomic E-state index is 10.7. The van der Waals surface area contributed by atoms with Gasteiger partial charge in [0, 0.05) is 0 Å². The molecule has 0 aliphatic rings. The van der Waals surface area contributed by atoms with Gasteiger partial charge in [0.05, 0.1) is 0 Å². The average molecular weight is 322 g/mol. The predicted molar refractivity (Wildman–Crippen MR) is 78.5 cm³/mol. The Labute approximate surface area is 150 Å². The second-order valence-corrected chi connectivity index (χ2v) is 5.95. The Morgan fingerprint density at radius 1 is 1.00 bits per heavy atom. The fourth-order valence-corrected chi connectivity index (χ4v) is 2.56. The molecule has 0 atom stereocenters. The van der Waals surface area contributed by atoms with Crippen molar-refractivity contribution in [1.82, 2.24) is 0 Å². The van der Waals surface area contributed by atoms with Gasteiger partial charge < -0.3 is 8.74 Å². The van der Waals surface area contributed by atoms with Crippen molar-refractivity contribution < 1.29 is 46.7 Å². The zero-order valence-corrected chi connectivity index (χ0v) is 15.8. The van der Waals surface area contributed by atoms with Crippen molar-refractivity contribution in [2.24, 2.45) is 0 Å². The summed E-state index contributed by atoms with van der Waals surface area (Å²) in [6.45, 7) is 2.20. The number of hydrogen-bond acceptors (Lipinski definition) is 4. The standard InChI is InChI=1S/C15H24O4S.Na/c1-2-3-4-5-6-7-8-11-14-12-9-10-13-15(14)19-20(16,17)18;/h9-10,12-13H,2-8,11H2,1H3,(H,16,17,18);/q;+1/p-1. The first-order valence-corrected chi connectivity index (χ1v) is 8.59. The molecule has 0 amide bonds. The summed E-state index contributed by atoms with van der Waals surface area (Å²) in [5.41, 5.74) is 0.778. The van der Waals surface area contributed by atoms with Crippen molar-refractivity contribution in [2.45, 2.75) is 58.3 Å². The summed E-state index contributed by atoms with van der Waals surface area (Å²) in [7, 11) is -4.70. The van der Waals surface area contributed by atoms with Crippen LogP contribution in [0.2, 0.25) is 0 Å². The van der Waals surface area contributed by atoms with E-state index in [4.69, 9.17) is 0 Å². The molecule has 0 fully saturated rings. The molecule has 0 saturated carbocycles. The van der Waals surface area contributed by atoms with Crippen LogP contribution in [-0.2, 0) is 16.8 Å². The van der Waals surface area contributed by atoms with Crippen molar-refractivity contribution in [3.05, 3.63) is 29.8 Å². The van der Waals surface area contributed by atoms with Gasteiger partial charge in [-0.25, -0.2) is 8.42 Å². The third kappa shape index (κ3) is 10.3. The van der Waals surface area contributed by atoms with Gasteiger partial charge in [-0.3, -0.25) is 0 Å². The van der Waals surface area contributed by atoms with Crippen LogP contribution in [0.25, 0.3) is 0 Å². The van der Waals surface area contributed by atoms with E-state index in [1.807, 2.05) is 6.07 Å². The minimum absolute atomic E-state index is 0. The van der Waals surface area contributed by atoms with Gasteiger partial charge in [-0.1, -0.05) is 63.6 Å². The first-order valence-electron chi connectivity index (χ1n) is 7.26. The molecule has 4 nitrogen and oxygen atoms in total. The number of rotatable bonds is 10. The summed E-state index contributed by atoms with van der Waals surface area (Å²) >= 11 is 0. The van der Waals surface area contributed by atoms with Gasteiger partial charge in [0.2, 0.25) is 0 Å². The van der Waals surface area contributed by atoms with E-state index in [-0.39, 0.29) is 35.3 Å². The molecule has 0 unspecified atom stereocenters. The molecule has 6 heteroatoms. The zero-order chi connectivity index (χ0) is 14.8. The van der Waals surface area contributed by atoms with Crippen LogP contribution in [-0.4, -0.2) is 13.0 Å². The van der Waals surface area contributed by atoms with E-state index in [9.17, 15) is 13.0 Å². The molecule has 0 heterocycles. The molecule has 0 aromatic heterocycles. The third-order valence-corrected chi connectivity index (χ3v) is 3.60. The minimum Gasteiger partial charge on any atom is -0.716 e. The summed E-state index contributed by atoms with van der Waals surface area (Å²) in [4.78, 5) is 0. The van der Waals surface area contributed by atoms with E-state index >= 15 is 0 Å². The van der Waals surface area contributed by atoms with E-state index in [1.165, 1.54) is 38.2 Å². The van der Waals surface area contributed by atoms with E-state index in [0.717, 1.165) is 24.8 Å². The Morgan fingerprint density at radius 3 is 2.19 bits per heavy atom. The molecule has 0 aliphatic heterocycles. The smallest absolute Gasteiger partial charge is 0.716 e. The third-order valence-electron chi connectivity index (χ3n) is 3.21. The predicted octanol–water partition coefficient (Wildman–Crippen LogP) is 0.823. The van der Waals surface area contributed by atoms with Crippen molar-refractivity contribution >= 4 is 10.4 Å². The van der Waals surface area contributed by atoms with Crippen LogP contribution >= 0.6 is 0 Å². The molecule has 0 spiro atoms. The number of hydrogen-bond donors (Lipinski definition) is 0. The van der Waals surface area contributed by atoms with Crippen LogP contribution < -0.4 is 33.7 Å². The normalized spacial score (nSPS) is 11.0. The van der Waals surface area contributed by atoms with E-state index in [1.54, 1.807) is 12.1 Å². The molecule has 1 aromatic rings. The van der Waals surface area contributed by atoms with Crippen LogP contribution in [0.4, 0.5) is 0 Å². The van der Waals surface area contributed by atoms with Gasteiger partial charge in [0.15, 0.2) is 0 Å². The Hall–Kier alpha value is -0.0700. The number of para-hydroxylation sites is 1. The van der Waals surface area contributed by atoms with Crippen molar-refractivity contribution in [3.8, 4) is 5.75 Å². The van der Waals surface area contributed by atoms with E-state index in [2.05, 4.69) is 11.1 Å². The fourth-order valence-electron chi connectivity index (χ4n) is 2.17. The van der Waals surface area contributed by atoms with Crippen LogP contribution in [0.3, 0.4) is 0 Å². The van der Waals surface area contributed by atoms with Gasteiger partial charge in [0.1, 0.15) is 5.75 Å². The fraction of sp³-hybridized carbons (Fsp3) is 0.600. The van der Waals surface area contributed by atoms with E-state index in [0.29, 0.717) is 0 Å². The van der Waals surface area contributed by atoms with Crippen LogP contribution in [0.1, 0.15) is 57.4 Å². The van der Waals surface area contributed by atoms with E-state index < -0.39 is 10.4 Å². The minimum atomic E-state index is -4.70. The molecule has 0 bridgehead atoms. The molecule has 0 radical (unpaired) electrons. The summed E-state index contributed by atoms with van der Waals surface area (Å²) < 4.78 is 36.4. The molecule has 21 heavy (non-hydrogen) atoms. The maximum atomic E-state index is 10.7. The molecule has 0 aliphatic carbocycles. The maximum Gasteiger partial charge on any atom is 1.00 e. The topological polar surface area (TPSA) is 66.4 Å². The largest absolute Gasteiger partial charge is 1.00 e. The molecular formula is C15H23NaO4S. The quantitative estimate of drug-likeness (QED) is 0.277. The van der Waals surface area contributed by atoms with Gasteiger partial charge in [-0.2, -0.15) is 0 Å². The van der Waals surface area contributed by atoms with Crippen molar-refractivity contribution in [3.63, 3.8) is 0 Å². The average Bonchev–Trinajstić information content (AvgIpc) is 2.38. The first-order chi connectivity index (χ1) is 9.53. The number of unbranched alkanes of at least 4 members (excludes halogenated alkanes) is 6. The summed E-state index contributed by atoms with van der Waals surface area (Å²) in [5.74, 6) is 0.161. The number of benzene rings is 1. The van der Waals surface area contributed by atoms with Gasteiger partial charge in [-0.15, -0.1) is 0 Å². The Balaban J connectivity index is 0.00000400. The Kier molecular flexibility index (Phi) is 11.5. The van der Waals surface area contributed by atoms with Gasteiger partial charge in [0.25, 0.3) is 10.4 Å². The first kappa shape index (κ1) is 20.9. The summed E-state index contributed by atoms with van der Waals surface area (Å²) in [6, 6.07) is 6.80. The molecular weight excluding hydrogens is 299 g/mol. The van der Waals surface area contributed by atoms with Crippen LogP contribution in [0.5, 0.6) is 5.75 Å². The molecule has 0 N–H and O–H groups in total. The zero-order valence-electron chi connectivity index (χ0n) is 13.0. The summed E-state index contributed by atoms with van der Waals surface area (Å²) in [6.07, 6.45) is 9.09. The van der Waals surface area contributed by atoms with Crippen molar-refractivity contribution in [1.29, 1.82) is 0 Å². The molecule has 1 rings (SSSR count). The summed E-state index contributed by atoms with van der Waals surface area (Å²) in [5, 5.41) is 0. The van der Waals surface area contributed by atoms with Gasteiger partial charge >= 0.3 is 29.6 Å². The van der Waals surface area contributed by atoms with Crippen LogP contribution in [0, 0.1) is 0 Å². The Bertz CT molecular complexity index is 488. The van der Waals surface area contributed by atoms with Gasteiger partial charge in [-0.05, 0) is 24.5 Å². The molecule has 114 valence electrons. The van der Waals surface area contributed by atoms with Crippen LogP contribution in [0.15, 0.2) is 24.3 Å². The SMILES string of the molecule is CCCCCCCCCc1ccccc1OS(=O)(=O)[O-].[Na+]. The number of aryl methyl sites for hydroxylation is 1. The monoisotopic (exact) mass is 322 g/mol. The Morgan fingerprint density at radius 2 is 1.57 bits per heavy atom.